The maximum atomic E-state index is 12.7. The van der Waals surface area contributed by atoms with E-state index < -0.39 is 0 Å². The van der Waals surface area contributed by atoms with Gasteiger partial charge in [-0.2, -0.15) is 5.10 Å². The lowest BCUT2D eigenvalue weighted by molar-refractivity contribution is 0.612. The molecule has 0 aliphatic heterocycles. The highest BCUT2D eigenvalue weighted by atomic mass is 32.1. The fraction of sp³-hybridized carbons (Fsp3) is 0.357. The fourth-order valence-electron chi connectivity index (χ4n) is 2.44. The normalized spacial score (nSPS) is 11.4. The largest absolute Gasteiger partial charge is 0.323 e. The summed E-state index contributed by atoms with van der Waals surface area (Å²) in [5.74, 6) is 0. The minimum atomic E-state index is -0.00207. The monoisotopic (exact) mass is 320 g/mol. The minimum Gasteiger partial charge on any atom is -0.323 e. The van der Waals surface area contributed by atoms with Gasteiger partial charge < -0.3 is 4.98 Å². The predicted octanol–water partition coefficient (Wildman–Crippen LogP) is 2.71. The molecule has 3 heterocycles. The van der Waals surface area contributed by atoms with Gasteiger partial charge in [0.25, 0.3) is 5.56 Å². The van der Waals surface area contributed by atoms with E-state index >= 15 is 0 Å². The smallest absolute Gasteiger partial charge is 0.263 e. The maximum absolute atomic E-state index is 12.7. The van der Waals surface area contributed by atoms with E-state index in [0.717, 1.165) is 32.8 Å². The summed E-state index contributed by atoms with van der Waals surface area (Å²) in [5, 5.41) is 4.90. The van der Waals surface area contributed by atoms with Gasteiger partial charge in [-0.25, -0.2) is 0 Å². The summed E-state index contributed by atoms with van der Waals surface area (Å²) >= 11 is 6.92. The van der Waals surface area contributed by atoms with Crippen molar-refractivity contribution in [3.05, 3.63) is 43.5 Å². The molecule has 0 fully saturated rings. The first kappa shape index (κ1) is 14.2. The van der Waals surface area contributed by atoms with Gasteiger partial charge in [-0.1, -0.05) is 0 Å². The number of H-pyrrole nitrogens is 1. The van der Waals surface area contributed by atoms with Crippen molar-refractivity contribution in [2.45, 2.75) is 26.8 Å². The summed E-state index contributed by atoms with van der Waals surface area (Å²) in [4.78, 5) is 17.9. The second kappa shape index (κ2) is 5.23. The maximum Gasteiger partial charge on any atom is 0.263 e. The first-order valence-corrected chi connectivity index (χ1v) is 7.91. The number of aromatic nitrogens is 4. The van der Waals surface area contributed by atoms with Crippen LogP contribution in [0.4, 0.5) is 0 Å². The Labute approximate surface area is 130 Å². The molecule has 5 nitrogen and oxygen atoms in total. The number of aromatic amines is 1. The Kier molecular flexibility index (Phi) is 3.54. The quantitative estimate of drug-likeness (QED) is 0.755. The van der Waals surface area contributed by atoms with Crippen LogP contribution in [0.1, 0.15) is 16.1 Å². The van der Waals surface area contributed by atoms with Gasteiger partial charge in [0.05, 0.1) is 5.39 Å². The standard InChI is InChI=1S/C14H16N4OS2/c1-8-9(2)21-12-11(8)13(19)18(14(20)16-12)7-5-10-4-6-15-17(10)3/h4,6H,5,7H2,1-3H3,(H,16,20). The van der Waals surface area contributed by atoms with Crippen molar-refractivity contribution >= 4 is 33.8 Å². The van der Waals surface area contributed by atoms with Crippen LogP contribution in [-0.4, -0.2) is 19.3 Å². The number of nitrogens with zero attached hydrogens (tertiary/aromatic N) is 3. The molecule has 0 aliphatic rings. The lowest BCUT2D eigenvalue weighted by Crippen LogP contribution is -2.23. The highest BCUT2D eigenvalue weighted by Gasteiger charge is 2.13. The van der Waals surface area contributed by atoms with Crippen LogP contribution in [0, 0.1) is 18.6 Å². The molecule has 0 spiro atoms. The molecule has 0 radical (unpaired) electrons. The van der Waals surface area contributed by atoms with E-state index in [4.69, 9.17) is 12.2 Å². The summed E-state index contributed by atoms with van der Waals surface area (Å²) in [6.45, 7) is 4.56. The molecule has 0 atom stereocenters. The third-order valence-electron chi connectivity index (χ3n) is 3.82. The van der Waals surface area contributed by atoms with Gasteiger partial charge in [-0.15, -0.1) is 11.3 Å². The van der Waals surface area contributed by atoms with Crippen molar-refractivity contribution in [3.8, 4) is 0 Å². The van der Waals surface area contributed by atoms with Gasteiger partial charge in [0.15, 0.2) is 4.77 Å². The zero-order chi connectivity index (χ0) is 15.1. The lowest BCUT2D eigenvalue weighted by atomic mass is 10.2. The molecule has 3 rings (SSSR count). The van der Waals surface area contributed by atoms with Gasteiger partial charge >= 0.3 is 0 Å². The van der Waals surface area contributed by atoms with Crippen LogP contribution >= 0.6 is 23.6 Å². The van der Waals surface area contributed by atoms with E-state index in [1.165, 1.54) is 0 Å². The van der Waals surface area contributed by atoms with Gasteiger partial charge in [0.1, 0.15) is 4.83 Å². The number of nitrogens with one attached hydrogen (secondary N) is 1. The van der Waals surface area contributed by atoms with E-state index in [0.29, 0.717) is 11.3 Å². The predicted molar refractivity (Wildman–Crippen MR) is 87.7 cm³/mol. The van der Waals surface area contributed by atoms with Crippen molar-refractivity contribution < 1.29 is 0 Å². The van der Waals surface area contributed by atoms with E-state index in [9.17, 15) is 4.79 Å². The molecule has 0 bridgehead atoms. The third-order valence-corrected chi connectivity index (χ3v) is 5.27. The van der Waals surface area contributed by atoms with Gasteiger partial charge in [0, 0.05) is 36.8 Å². The zero-order valence-electron chi connectivity index (χ0n) is 12.1. The molecule has 3 aromatic rings. The highest BCUT2D eigenvalue weighted by Crippen LogP contribution is 2.25. The van der Waals surface area contributed by atoms with Gasteiger partial charge in [-0.3, -0.25) is 14.0 Å². The van der Waals surface area contributed by atoms with Gasteiger partial charge in [0.2, 0.25) is 0 Å². The molecular formula is C14H16N4OS2. The summed E-state index contributed by atoms with van der Waals surface area (Å²) in [7, 11) is 1.90. The Morgan fingerprint density at radius 1 is 1.43 bits per heavy atom. The van der Waals surface area contributed by atoms with Gasteiger partial charge in [-0.05, 0) is 37.7 Å². The van der Waals surface area contributed by atoms with Crippen LogP contribution in [0.2, 0.25) is 0 Å². The summed E-state index contributed by atoms with van der Waals surface area (Å²) in [6.07, 6.45) is 2.48. The molecule has 3 aromatic heterocycles. The number of thiophene rings is 1. The van der Waals surface area contributed by atoms with Crippen molar-refractivity contribution in [2.24, 2.45) is 7.05 Å². The Balaban J connectivity index is 2.06. The second-order valence-electron chi connectivity index (χ2n) is 5.07. The number of hydrogen-bond donors (Lipinski definition) is 1. The van der Waals surface area contributed by atoms with Crippen LogP contribution in [0.5, 0.6) is 0 Å². The Hall–Kier alpha value is -1.73. The first-order valence-electron chi connectivity index (χ1n) is 6.68. The number of fused-ring (bicyclic) bond motifs is 1. The zero-order valence-corrected chi connectivity index (χ0v) is 13.8. The minimum absolute atomic E-state index is 0.00207. The molecule has 110 valence electrons. The molecular weight excluding hydrogens is 304 g/mol. The summed E-state index contributed by atoms with van der Waals surface area (Å²) < 4.78 is 3.94. The average Bonchev–Trinajstić information content (AvgIpc) is 2.94. The average molecular weight is 320 g/mol. The summed E-state index contributed by atoms with van der Waals surface area (Å²) in [6, 6.07) is 1.95. The lowest BCUT2D eigenvalue weighted by Gasteiger charge is -2.07. The molecule has 21 heavy (non-hydrogen) atoms. The van der Waals surface area contributed by atoms with Crippen molar-refractivity contribution in [2.75, 3.05) is 0 Å². The summed E-state index contributed by atoms with van der Waals surface area (Å²) in [5.41, 5.74) is 2.12. The fourth-order valence-corrected chi connectivity index (χ4v) is 3.83. The molecule has 0 unspecified atom stereocenters. The molecule has 1 N–H and O–H groups in total. The van der Waals surface area contributed by atoms with Crippen molar-refractivity contribution in [1.82, 2.24) is 19.3 Å². The first-order chi connectivity index (χ1) is 9.99. The van der Waals surface area contributed by atoms with Crippen LogP contribution in [-0.2, 0) is 20.0 Å². The van der Waals surface area contributed by atoms with E-state index in [2.05, 4.69) is 10.1 Å². The SMILES string of the molecule is Cc1sc2[nH]c(=S)n(CCc3ccnn3C)c(=O)c2c1C. The van der Waals surface area contributed by atoms with E-state index in [1.807, 2.05) is 31.6 Å². The van der Waals surface area contributed by atoms with Crippen LogP contribution in [0.3, 0.4) is 0 Å². The van der Waals surface area contributed by atoms with Crippen LogP contribution in [0.25, 0.3) is 10.2 Å². The molecule has 0 saturated carbocycles. The Morgan fingerprint density at radius 2 is 2.19 bits per heavy atom. The Bertz CT molecular complexity index is 929. The van der Waals surface area contributed by atoms with E-state index in [1.54, 1.807) is 22.1 Å². The van der Waals surface area contributed by atoms with Crippen LogP contribution < -0.4 is 5.56 Å². The molecule has 0 amide bonds. The Morgan fingerprint density at radius 3 is 2.86 bits per heavy atom. The highest BCUT2D eigenvalue weighted by molar-refractivity contribution is 7.71. The van der Waals surface area contributed by atoms with E-state index in [-0.39, 0.29) is 5.56 Å². The number of aryl methyl sites for hydroxylation is 4. The van der Waals surface area contributed by atoms with Crippen molar-refractivity contribution in [3.63, 3.8) is 0 Å². The second-order valence-corrected chi connectivity index (χ2v) is 6.68. The number of rotatable bonds is 3. The topological polar surface area (TPSA) is 55.6 Å². The third kappa shape index (κ3) is 2.36. The molecule has 0 saturated heterocycles. The molecule has 0 aromatic carbocycles. The number of hydrogen-bond acceptors (Lipinski definition) is 4. The molecule has 0 aliphatic carbocycles. The van der Waals surface area contributed by atoms with Crippen molar-refractivity contribution in [1.29, 1.82) is 0 Å². The molecule has 7 heteroatoms. The van der Waals surface area contributed by atoms with Crippen LogP contribution in [0.15, 0.2) is 17.1 Å².